The van der Waals surface area contributed by atoms with Crippen LogP contribution in [0.15, 0.2) is 18.2 Å². The lowest BCUT2D eigenvalue weighted by Gasteiger charge is -2.19. The van der Waals surface area contributed by atoms with Crippen molar-refractivity contribution in [3.05, 3.63) is 29.3 Å². The molecule has 1 fully saturated rings. The smallest absolute Gasteiger partial charge is 0.335 e. The molecule has 1 aliphatic rings. The highest BCUT2D eigenvalue weighted by Gasteiger charge is 2.27. The third-order valence-corrected chi connectivity index (χ3v) is 3.20. The van der Waals surface area contributed by atoms with Gasteiger partial charge < -0.3 is 10.2 Å². The molecule has 1 saturated heterocycles. The van der Waals surface area contributed by atoms with Gasteiger partial charge in [-0.15, -0.1) is 0 Å². The second-order valence-electron chi connectivity index (χ2n) is 4.71. The van der Waals surface area contributed by atoms with Crippen molar-refractivity contribution in [1.82, 2.24) is 0 Å². The van der Waals surface area contributed by atoms with Crippen LogP contribution in [0.2, 0.25) is 0 Å². The zero-order chi connectivity index (χ0) is 15.6. The summed E-state index contributed by atoms with van der Waals surface area (Å²) in [7, 11) is 0. The van der Waals surface area contributed by atoms with Crippen molar-refractivity contribution in [3.8, 4) is 0 Å². The van der Waals surface area contributed by atoms with Gasteiger partial charge in [-0.3, -0.25) is 14.5 Å². The number of carboxylic acids is 2. The van der Waals surface area contributed by atoms with Crippen molar-refractivity contribution >= 4 is 29.4 Å². The van der Waals surface area contributed by atoms with Gasteiger partial charge in [-0.1, -0.05) is 0 Å². The second-order valence-corrected chi connectivity index (χ2v) is 4.71. The molecule has 0 aliphatic carbocycles. The number of carbonyl (C=O) groups is 4. The molecule has 1 aromatic carbocycles. The van der Waals surface area contributed by atoms with Crippen LogP contribution in [0, 0.1) is 0 Å². The van der Waals surface area contributed by atoms with Gasteiger partial charge in [0.1, 0.15) is 0 Å². The lowest BCUT2D eigenvalue weighted by Crippen LogP contribution is -2.35. The van der Waals surface area contributed by atoms with Crippen molar-refractivity contribution in [2.45, 2.75) is 25.7 Å². The normalized spacial score (nSPS) is 15.7. The van der Waals surface area contributed by atoms with E-state index in [1.807, 2.05) is 0 Å². The summed E-state index contributed by atoms with van der Waals surface area (Å²) in [5, 5.41) is 18.0. The summed E-state index contributed by atoms with van der Waals surface area (Å²) in [6.07, 6.45) is 1.49. The Morgan fingerprint density at radius 3 is 1.67 bits per heavy atom. The zero-order valence-corrected chi connectivity index (χ0v) is 11.0. The summed E-state index contributed by atoms with van der Waals surface area (Å²) in [6.45, 7) is 0. The SMILES string of the molecule is O=C(O)c1cc(C(=O)O)cc(N2C(=O)CCCCC2=O)c1. The van der Waals surface area contributed by atoms with E-state index in [4.69, 9.17) is 10.2 Å². The summed E-state index contributed by atoms with van der Waals surface area (Å²) < 4.78 is 0. The molecule has 0 spiro atoms. The Hall–Kier alpha value is -2.70. The molecule has 1 aromatic rings. The lowest BCUT2D eigenvalue weighted by molar-refractivity contribution is -0.125. The summed E-state index contributed by atoms with van der Waals surface area (Å²) in [5.74, 6) is -3.55. The molecule has 0 aromatic heterocycles. The molecule has 2 N–H and O–H groups in total. The Balaban J connectivity index is 2.55. The van der Waals surface area contributed by atoms with Crippen LogP contribution in [0.4, 0.5) is 5.69 Å². The topological polar surface area (TPSA) is 112 Å². The maximum Gasteiger partial charge on any atom is 0.335 e. The van der Waals surface area contributed by atoms with Crippen molar-refractivity contribution in [2.75, 3.05) is 4.90 Å². The van der Waals surface area contributed by atoms with E-state index < -0.39 is 23.8 Å². The highest BCUT2D eigenvalue weighted by molar-refractivity contribution is 6.16. The second kappa shape index (κ2) is 5.74. The van der Waals surface area contributed by atoms with Crippen molar-refractivity contribution in [1.29, 1.82) is 0 Å². The maximum absolute atomic E-state index is 12.0. The number of aromatic carboxylic acids is 2. The number of carbonyl (C=O) groups excluding carboxylic acids is 2. The van der Waals surface area contributed by atoms with Crippen LogP contribution in [0.25, 0.3) is 0 Å². The molecule has 0 radical (unpaired) electrons. The van der Waals surface area contributed by atoms with Gasteiger partial charge in [-0.25, -0.2) is 9.59 Å². The van der Waals surface area contributed by atoms with Gasteiger partial charge in [0, 0.05) is 12.8 Å². The number of nitrogens with zero attached hydrogens (tertiary/aromatic N) is 1. The minimum absolute atomic E-state index is 0.01000. The molecule has 2 amide bonds. The monoisotopic (exact) mass is 291 g/mol. The van der Waals surface area contributed by atoms with Gasteiger partial charge in [-0.05, 0) is 31.0 Å². The van der Waals surface area contributed by atoms with E-state index in [2.05, 4.69) is 0 Å². The first-order valence-corrected chi connectivity index (χ1v) is 6.37. The molecule has 7 heteroatoms. The molecule has 21 heavy (non-hydrogen) atoms. The third-order valence-electron chi connectivity index (χ3n) is 3.20. The first-order valence-electron chi connectivity index (χ1n) is 6.37. The van der Waals surface area contributed by atoms with Gasteiger partial charge in [0.15, 0.2) is 0 Å². The fourth-order valence-electron chi connectivity index (χ4n) is 2.19. The van der Waals surface area contributed by atoms with E-state index in [1.54, 1.807) is 0 Å². The van der Waals surface area contributed by atoms with Crippen LogP contribution < -0.4 is 4.90 Å². The van der Waals surface area contributed by atoms with Crippen LogP contribution in [-0.4, -0.2) is 34.0 Å². The highest BCUT2D eigenvalue weighted by atomic mass is 16.4. The molecule has 0 atom stereocenters. The quantitative estimate of drug-likeness (QED) is 0.816. The fraction of sp³-hybridized carbons (Fsp3) is 0.286. The predicted octanol–water partition coefficient (Wildman–Crippen LogP) is 1.52. The summed E-state index contributed by atoms with van der Waals surface area (Å²) in [4.78, 5) is 47.0. The number of imide groups is 1. The van der Waals surface area contributed by atoms with Crippen LogP contribution in [0.1, 0.15) is 46.4 Å². The minimum atomic E-state index is -1.32. The predicted molar refractivity (Wildman–Crippen MR) is 71.3 cm³/mol. The van der Waals surface area contributed by atoms with E-state index >= 15 is 0 Å². The molecule has 110 valence electrons. The number of amides is 2. The first-order chi connectivity index (χ1) is 9.90. The number of rotatable bonds is 3. The Morgan fingerprint density at radius 1 is 0.857 bits per heavy atom. The van der Waals surface area contributed by atoms with E-state index in [9.17, 15) is 19.2 Å². The van der Waals surface area contributed by atoms with E-state index in [0.29, 0.717) is 12.8 Å². The zero-order valence-electron chi connectivity index (χ0n) is 11.0. The van der Waals surface area contributed by atoms with Crippen LogP contribution in [0.5, 0.6) is 0 Å². The van der Waals surface area contributed by atoms with E-state index in [0.717, 1.165) is 23.1 Å². The van der Waals surface area contributed by atoms with Crippen LogP contribution >= 0.6 is 0 Å². The van der Waals surface area contributed by atoms with Gasteiger partial charge in [-0.2, -0.15) is 0 Å². The molecule has 1 aliphatic heterocycles. The average molecular weight is 291 g/mol. The fourth-order valence-corrected chi connectivity index (χ4v) is 2.19. The Labute approximate surface area is 119 Å². The number of carboxylic acid groups (broad SMARTS) is 2. The number of anilines is 1. The summed E-state index contributed by atoms with van der Waals surface area (Å²) in [5.41, 5.74) is -0.575. The molecule has 0 unspecified atom stereocenters. The van der Waals surface area contributed by atoms with E-state index in [-0.39, 0.29) is 29.7 Å². The molecule has 2 rings (SSSR count). The number of benzene rings is 1. The van der Waals surface area contributed by atoms with Gasteiger partial charge in [0.2, 0.25) is 11.8 Å². The largest absolute Gasteiger partial charge is 0.478 e. The van der Waals surface area contributed by atoms with Gasteiger partial charge in [0.05, 0.1) is 16.8 Å². The number of hydrogen-bond donors (Lipinski definition) is 2. The Kier molecular flexibility index (Phi) is 4.02. The minimum Gasteiger partial charge on any atom is -0.478 e. The van der Waals surface area contributed by atoms with Crippen molar-refractivity contribution in [3.63, 3.8) is 0 Å². The molecule has 0 saturated carbocycles. The van der Waals surface area contributed by atoms with Crippen LogP contribution in [0.3, 0.4) is 0 Å². The molecule has 1 heterocycles. The van der Waals surface area contributed by atoms with E-state index in [1.165, 1.54) is 0 Å². The van der Waals surface area contributed by atoms with Crippen molar-refractivity contribution < 1.29 is 29.4 Å². The Morgan fingerprint density at radius 2 is 1.29 bits per heavy atom. The third kappa shape index (κ3) is 3.07. The highest BCUT2D eigenvalue weighted by Crippen LogP contribution is 2.24. The maximum atomic E-state index is 12.0. The standard InChI is InChI=1S/C14H13NO6/c16-11-3-1-2-4-12(17)15(11)10-6-8(13(18)19)5-9(7-10)14(20)21/h5-7H,1-4H2,(H,18,19)(H,20,21). The van der Waals surface area contributed by atoms with Gasteiger partial charge >= 0.3 is 11.9 Å². The summed E-state index contributed by atoms with van der Waals surface area (Å²) >= 11 is 0. The Bertz CT molecular complexity index is 586. The lowest BCUT2D eigenvalue weighted by atomic mass is 10.1. The molecular formula is C14H13NO6. The summed E-state index contributed by atoms with van der Waals surface area (Å²) in [6, 6.07) is 3.26. The van der Waals surface area contributed by atoms with Crippen LogP contribution in [-0.2, 0) is 9.59 Å². The molecule has 7 nitrogen and oxygen atoms in total. The van der Waals surface area contributed by atoms with Gasteiger partial charge in [0.25, 0.3) is 0 Å². The number of hydrogen-bond acceptors (Lipinski definition) is 4. The average Bonchev–Trinajstić information content (AvgIpc) is 2.59. The molecular weight excluding hydrogens is 278 g/mol. The van der Waals surface area contributed by atoms with Crippen molar-refractivity contribution in [2.24, 2.45) is 0 Å². The molecule has 0 bridgehead atoms. The first kappa shape index (κ1) is 14.7.